The van der Waals surface area contributed by atoms with Crippen LogP contribution in [0.2, 0.25) is 0 Å². The molecule has 1 heterocycles. The monoisotopic (exact) mass is 288 g/mol. The molecule has 5 nitrogen and oxygen atoms in total. The maximum absolute atomic E-state index is 12.0. The van der Waals surface area contributed by atoms with E-state index in [0.717, 1.165) is 31.8 Å². The number of nitrogens with zero attached hydrogens (tertiary/aromatic N) is 2. The molecule has 6 heteroatoms. The first-order chi connectivity index (χ1) is 9.10. The molecule has 110 valence electrons. The third-order valence-corrected chi connectivity index (χ3v) is 4.45. The number of rotatable bonds is 8. The first-order valence-corrected chi connectivity index (χ1v) is 8.08. The van der Waals surface area contributed by atoms with E-state index in [0.29, 0.717) is 18.7 Å². The summed E-state index contributed by atoms with van der Waals surface area (Å²) in [5.41, 5.74) is 0. The molecular formula is C13H24N2O3S. The Hall–Kier alpha value is -0.750. The van der Waals surface area contributed by atoms with E-state index in [1.54, 1.807) is 11.8 Å². The van der Waals surface area contributed by atoms with E-state index in [9.17, 15) is 9.59 Å². The third kappa shape index (κ3) is 5.03. The van der Waals surface area contributed by atoms with Gasteiger partial charge in [-0.15, -0.1) is 0 Å². The fourth-order valence-corrected chi connectivity index (χ4v) is 3.17. The van der Waals surface area contributed by atoms with Crippen LogP contribution in [0.25, 0.3) is 0 Å². The van der Waals surface area contributed by atoms with Gasteiger partial charge in [0.25, 0.3) is 0 Å². The first-order valence-electron chi connectivity index (χ1n) is 6.92. The topological polar surface area (TPSA) is 60.9 Å². The van der Waals surface area contributed by atoms with Crippen molar-refractivity contribution in [2.75, 3.05) is 37.7 Å². The van der Waals surface area contributed by atoms with Crippen LogP contribution in [0.4, 0.5) is 0 Å². The van der Waals surface area contributed by atoms with Gasteiger partial charge >= 0.3 is 5.97 Å². The van der Waals surface area contributed by atoms with Crippen molar-refractivity contribution in [1.82, 2.24) is 9.80 Å². The Balaban J connectivity index is 2.26. The molecule has 0 bridgehead atoms. The Morgan fingerprint density at radius 3 is 2.63 bits per heavy atom. The SMILES string of the molecule is CCN(CC)CCSCC(=O)N1CCCC1C(=O)O. The molecule has 0 aromatic heterocycles. The summed E-state index contributed by atoms with van der Waals surface area (Å²) in [5, 5.41) is 9.03. The van der Waals surface area contributed by atoms with Gasteiger partial charge in [0.05, 0.1) is 5.75 Å². The molecule has 1 amide bonds. The number of hydrogen-bond acceptors (Lipinski definition) is 4. The van der Waals surface area contributed by atoms with E-state index in [-0.39, 0.29) is 5.91 Å². The Kier molecular flexibility index (Phi) is 7.23. The predicted octanol–water partition coefficient (Wildman–Crippen LogP) is 1.14. The number of likely N-dealkylation sites (tertiary alicyclic amines) is 1. The van der Waals surface area contributed by atoms with Gasteiger partial charge in [0.2, 0.25) is 5.91 Å². The number of carbonyl (C=O) groups excluding carboxylic acids is 1. The minimum absolute atomic E-state index is 0.0329. The van der Waals surface area contributed by atoms with Crippen molar-refractivity contribution in [2.45, 2.75) is 32.7 Å². The second-order valence-corrected chi connectivity index (χ2v) is 5.77. The van der Waals surface area contributed by atoms with Crippen LogP contribution in [0.3, 0.4) is 0 Å². The Morgan fingerprint density at radius 1 is 1.37 bits per heavy atom. The summed E-state index contributed by atoms with van der Waals surface area (Å²) in [6.07, 6.45) is 1.39. The Labute approximate surface area is 119 Å². The van der Waals surface area contributed by atoms with Crippen LogP contribution in [0, 0.1) is 0 Å². The lowest BCUT2D eigenvalue weighted by Gasteiger charge is -2.21. The molecule has 1 aliphatic heterocycles. The summed E-state index contributed by atoms with van der Waals surface area (Å²) in [4.78, 5) is 26.8. The van der Waals surface area contributed by atoms with Gasteiger partial charge in [-0.2, -0.15) is 11.8 Å². The molecule has 0 spiro atoms. The van der Waals surface area contributed by atoms with Crippen LogP contribution in [0.5, 0.6) is 0 Å². The van der Waals surface area contributed by atoms with Gasteiger partial charge in [-0.1, -0.05) is 13.8 Å². The Morgan fingerprint density at radius 2 is 2.05 bits per heavy atom. The van der Waals surface area contributed by atoms with Crippen LogP contribution in [0.1, 0.15) is 26.7 Å². The lowest BCUT2D eigenvalue weighted by atomic mass is 10.2. The zero-order chi connectivity index (χ0) is 14.3. The van der Waals surface area contributed by atoms with Crippen LogP contribution in [-0.4, -0.2) is 70.5 Å². The van der Waals surface area contributed by atoms with Crippen molar-refractivity contribution in [1.29, 1.82) is 0 Å². The zero-order valence-electron chi connectivity index (χ0n) is 11.8. The average Bonchev–Trinajstić information content (AvgIpc) is 2.88. The summed E-state index contributed by atoms with van der Waals surface area (Å²) in [6, 6.07) is -0.601. The van der Waals surface area contributed by atoms with Crippen molar-refractivity contribution < 1.29 is 14.7 Å². The second-order valence-electron chi connectivity index (χ2n) is 4.66. The molecule has 0 aromatic carbocycles. The smallest absolute Gasteiger partial charge is 0.326 e. The highest BCUT2D eigenvalue weighted by atomic mass is 32.2. The molecular weight excluding hydrogens is 264 g/mol. The van der Waals surface area contributed by atoms with Gasteiger partial charge in [-0.25, -0.2) is 4.79 Å². The van der Waals surface area contributed by atoms with Crippen molar-refractivity contribution >= 4 is 23.6 Å². The molecule has 1 atom stereocenters. The molecule has 0 aromatic rings. The van der Waals surface area contributed by atoms with E-state index in [4.69, 9.17) is 5.11 Å². The molecule has 1 unspecified atom stereocenters. The van der Waals surface area contributed by atoms with Crippen molar-refractivity contribution in [3.05, 3.63) is 0 Å². The maximum atomic E-state index is 12.0. The first kappa shape index (κ1) is 16.3. The van der Waals surface area contributed by atoms with Crippen molar-refractivity contribution in [2.24, 2.45) is 0 Å². The number of carbonyl (C=O) groups is 2. The summed E-state index contributed by atoms with van der Waals surface area (Å²) in [7, 11) is 0. The number of amides is 1. The van der Waals surface area contributed by atoms with Gasteiger partial charge in [-0.05, 0) is 25.9 Å². The second kappa shape index (κ2) is 8.43. The number of carboxylic acids is 1. The van der Waals surface area contributed by atoms with Gasteiger partial charge in [-0.3, -0.25) is 4.79 Å². The molecule has 1 rings (SSSR count). The predicted molar refractivity (Wildman–Crippen MR) is 77.5 cm³/mol. The molecule has 0 saturated carbocycles. The maximum Gasteiger partial charge on any atom is 0.326 e. The summed E-state index contributed by atoms with van der Waals surface area (Å²) in [5.74, 6) is 0.401. The molecule has 1 fully saturated rings. The van der Waals surface area contributed by atoms with Crippen LogP contribution in [0.15, 0.2) is 0 Å². The van der Waals surface area contributed by atoms with Gasteiger partial charge < -0.3 is 14.9 Å². The number of carboxylic acid groups (broad SMARTS) is 1. The minimum atomic E-state index is -0.876. The zero-order valence-corrected chi connectivity index (χ0v) is 12.6. The molecule has 1 saturated heterocycles. The molecule has 0 radical (unpaired) electrons. The number of thioether (sulfide) groups is 1. The van der Waals surface area contributed by atoms with Crippen LogP contribution < -0.4 is 0 Å². The molecule has 19 heavy (non-hydrogen) atoms. The standard InChI is InChI=1S/C13H24N2O3S/c1-3-14(4-2)8-9-19-10-12(16)15-7-5-6-11(15)13(17)18/h11H,3-10H2,1-2H3,(H,17,18). The van der Waals surface area contributed by atoms with Gasteiger partial charge in [0.1, 0.15) is 6.04 Å². The highest BCUT2D eigenvalue weighted by molar-refractivity contribution is 7.99. The van der Waals surface area contributed by atoms with E-state index < -0.39 is 12.0 Å². The molecule has 0 aliphatic carbocycles. The van der Waals surface area contributed by atoms with E-state index in [1.807, 2.05) is 0 Å². The minimum Gasteiger partial charge on any atom is -0.480 e. The highest BCUT2D eigenvalue weighted by Gasteiger charge is 2.33. The molecule has 1 N–H and O–H groups in total. The lowest BCUT2D eigenvalue weighted by Crippen LogP contribution is -2.41. The summed E-state index contributed by atoms with van der Waals surface area (Å²) >= 11 is 1.60. The normalized spacial score (nSPS) is 19.1. The largest absolute Gasteiger partial charge is 0.480 e. The number of aliphatic carboxylic acids is 1. The fourth-order valence-electron chi connectivity index (χ4n) is 2.30. The van der Waals surface area contributed by atoms with Gasteiger partial charge in [0.15, 0.2) is 0 Å². The fraction of sp³-hybridized carbons (Fsp3) is 0.846. The highest BCUT2D eigenvalue weighted by Crippen LogP contribution is 2.18. The van der Waals surface area contributed by atoms with E-state index in [1.165, 1.54) is 4.90 Å². The Bertz CT molecular complexity index is 308. The lowest BCUT2D eigenvalue weighted by molar-refractivity contribution is -0.147. The van der Waals surface area contributed by atoms with Gasteiger partial charge in [0, 0.05) is 18.8 Å². The number of hydrogen-bond donors (Lipinski definition) is 1. The summed E-state index contributed by atoms with van der Waals surface area (Å²) in [6.45, 7) is 7.87. The average molecular weight is 288 g/mol. The van der Waals surface area contributed by atoms with Crippen molar-refractivity contribution in [3.8, 4) is 0 Å². The van der Waals surface area contributed by atoms with Crippen LogP contribution >= 0.6 is 11.8 Å². The molecule has 1 aliphatic rings. The quantitative estimate of drug-likeness (QED) is 0.679. The summed E-state index contributed by atoms with van der Waals surface area (Å²) < 4.78 is 0. The van der Waals surface area contributed by atoms with E-state index in [2.05, 4.69) is 18.7 Å². The van der Waals surface area contributed by atoms with Crippen molar-refractivity contribution in [3.63, 3.8) is 0 Å². The third-order valence-electron chi connectivity index (χ3n) is 3.53. The van der Waals surface area contributed by atoms with Crippen LogP contribution in [-0.2, 0) is 9.59 Å². The van der Waals surface area contributed by atoms with E-state index >= 15 is 0 Å².